The second-order valence-corrected chi connectivity index (χ2v) is 6.95. The molecule has 3 aliphatic rings. The second kappa shape index (κ2) is 4.58. The van der Waals surface area contributed by atoms with Crippen molar-refractivity contribution in [1.29, 1.82) is 0 Å². The van der Waals surface area contributed by atoms with Crippen molar-refractivity contribution >= 4 is 0 Å². The number of rotatable bonds is 4. The first-order valence-electron chi connectivity index (χ1n) is 7.89. The smallest absolute Gasteiger partial charge is 0.137 e. The molecular weight excluding hydrogens is 236 g/mol. The van der Waals surface area contributed by atoms with Gasteiger partial charge in [-0.3, -0.25) is 4.68 Å². The monoisotopic (exact) mass is 260 g/mol. The number of nitrogens with zero attached hydrogens (tertiary/aromatic N) is 3. The molecular formula is C15H24N4. The fraction of sp³-hybridized carbons (Fsp3) is 0.867. The van der Waals surface area contributed by atoms with Gasteiger partial charge >= 0.3 is 0 Å². The highest BCUT2D eigenvalue weighted by atomic mass is 15.3. The normalized spacial score (nSPS) is 41.6. The van der Waals surface area contributed by atoms with Gasteiger partial charge in [0, 0.05) is 12.1 Å². The van der Waals surface area contributed by atoms with Crippen molar-refractivity contribution in [1.82, 2.24) is 20.1 Å². The van der Waals surface area contributed by atoms with Crippen LogP contribution in [-0.2, 0) is 6.54 Å². The van der Waals surface area contributed by atoms with Crippen LogP contribution in [0.3, 0.4) is 0 Å². The molecule has 0 aliphatic heterocycles. The molecule has 0 saturated heterocycles. The Morgan fingerprint density at radius 2 is 2.16 bits per heavy atom. The van der Waals surface area contributed by atoms with Crippen molar-refractivity contribution in [3.63, 3.8) is 0 Å². The van der Waals surface area contributed by atoms with Gasteiger partial charge in [0.05, 0.1) is 6.54 Å². The minimum atomic E-state index is 0.492. The number of hydrogen-bond donors (Lipinski definition) is 1. The Morgan fingerprint density at radius 3 is 3.00 bits per heavy atom. The van der Waals surface area contributed by atoms with Gasteiger partial charge in [0.2, 0.25) is 0 Å². The number of nitrogens with one attached hydrogen (secondary N) is 1. The van der Waals surface area contributed by atoms with E-state index < -0.39 is 0 Å². The summed E-state index contributed by atoms with van der Waals surface area (Å²) in [5.74, 6) is 4.15. The molecule has 1 N–H and O–H groups in total. The predicted octanol–water partition coefficient (Wildman–Crippen LogP) is 2.08. The Balaban J connectivity index is 1.37. The molecule has 4 nitrogen and oxygen atoms in total. The van der Waals surface area contributed by atoms with Gasteiger partial charge in [0.25, 0.3) is 0 Å². The van der Waals surface area contributed by atoms with E-state index in [0.717, 1.165) is 36.3 Å². The van der Waals surface area contributed by atoms with Crippen LogP contribution in [0.15, 0.2) is 12.7 Å². The molecule has 4 heteroatoms. The average Bonchev–Trinajstić information content (AvgIpc) is 3.10. The van der Waals surface area contributed by atoms with Crippen molar-refractivity contribution < 1.29 is 0 Å². The van der Waals surface area contributed by atoms with Crippen molar-refractivity contribution in [3.05, 3.63) is 12.7 Å². The van der Waals surface area contributed by atoms with Crippen LogP contribution in [0.1, 0.15) is 39.0 Å². The Kier molecular flexibility index (Phi) is 2.87. The highest BCUT2D eigenvalue weighted by Crippen LogP contribution is 2.58. The first-order chi connectivity index (χ1) is 9.31. The van der Waals surface area contributed by atoms with Crippen LogP contribution in [0.4, 0.5) is 0 Å². The van der Waals surface area contributed by atoms with Crippen LogP contribution in [0.5, 0.6) is 0 Å². The van der Waals surface area contributed by atoms with Gasteiger partial charge in [-0.15, -0.1) is 0 Å². The maximum absolute atomic E-state index is 4.20. The Bertz CT molecular complexity index is 429. The maximum Gasteiger partial charge on any atom is 0.137 e. The third kappa shape index (κ3) is 2.00. The van der Waals surface area contributed by atoms with Crippen LogP contribution in [0.2, 0.25) is 0 Å². The lowest BCUT2D eigenvalue weighted by Crippen LogP contribution is -2.45. The van der Waals surface area contributed by atoms with Crippen molar-refractivity contribution in [3.8, 4) is 0 Å². The zero-order valence-corrected chi connectivity index (χ0v) is 11.7. The van der Waals surface area contributed by atoms with Gasteiger partial charge in [-0.05, 0) is 56.3 Å². The Hall–Kier alpha value is -0.900. The van der Waals surface area contributed by atoms with Gasteiger partial charge < -0.3 is 5.32 Å². The van der Waals surface area contributed by atoms with Gasteiger partial charge in [-0.1, -0.05) is 6.42 Å². The first kappa shape index (κ1) is 11.9. The molecule has 0 spiro atoms. The molecule has 0 aromatic carbocycles. The molecule has 3 fully saturated rings. The molecule has 104 valence electrons. The summed E-state index contributed by atoms with van der Waals surface area (Å²) in [5.41, 5.74) is 0. The largest absolute Gasteiger partial charge is 0.309 e. The molecule has 0 radical (unpaired) electrons. The lowest BCUT2D eigenvalue weighted by molar-refractivity contribution is 0.195. The standard InChI is InChI=1S/C15H24N4/c1-10(7-19-9-16-8-17-19)18-15-6-11-5-14(15)13-4-2-3-12(11)13/h8-15,18H,2-7H2,1H3/t10-,11-,12-,13-,14+,15-/m1/s1. The summed E-state index contributed by atoms with van der Waals surface area (Å²) in [6.45, 7) is 3.21. The summed E-state index contributed by atoms with van der Waals surface area (Å²) in [4.78, 5) is 4.01. The van der Waals surface area contributed by atoms with E-state index in [0.29, 0.717) is 6.04 Å². The molecule has 0 amide bonds. The zero-order chi connectivity index (χ0) is 12.8. The minimum absolute atomic E-state index is 0.492. The SMILES string of the molecule is C[C@H](Cn1cncn1)N[C@@H]1C[C@H]2C[C@H]1[C@@H]1CCC[C@H]21. The summed E-state index contributed by atoms with van der Waals surface area (Å²) in [6, 6.07) is 1.26. The highest BCUT2D eigenvalue weighted by Gasteiger charge is 2.53. The van der Waals surface area contributed by atoms with Crippen LogP contribution >= 0.6 is 0 Å². The summed E-state index contributed by atoms with van der Waals surface area (Å²) < 4.78 is 1.93. The van der Waals surface area contributed by atoms with Crippen LogP contribution in [0, 0.1) is 23.7 Å². The molecule has 1 aromatic heterocycles. The molecule has 1 aromatic rings. The lowest BCUT2D eigenvalue weighted by atomic mass is 9.79. The molecule has 3 aliphatic carbocycles. The van der Waals surface area contributed by atoms with Gasteiger partial charge in [0.15, 0.2) is 0 Å². The summed E-state index contributed by atoms with van der Waals surface area (Å²) in [5, 5.41) is 8.07. The predicted molar refractivity (Wildman–Crippen MR) is 73.5 cm³/mol. The maximum atomic E-state index is 4.20. The van der Waals surface area contributed by atoms with Crippen LogP contribution < -0.4 is 5.32 Å². The number of hydrogen-bond acceptors (Lipinski definition) is 3. The highest BCUT2D eigenvalue weighted by molar-refractivity contribution is 5.05. The summed E-state index contributed by atoms with van der Waals surface area (Å²) in [6.07, 6.45) is 10.9. The van der Waals surface area contributed by atoms with E-state index in [4.69, 9.17) is 0 Å². The van der Waals surface area contributed by atoms with E-state index >= 15 is 0 Å². The topological polar surface area (TPSA) is 42.7 Å². The van der Waals surface area contributed by atoms with E-state index in [2.05, 4.69) is 22.3 Å². The molecule has 19 heavy (non-hydrogen) atoms. The summed E-state index contributed by atoms with van der Waals surface area (Å²) >= 11 is 0. The quantitative estimate of drug-likeness (QED) is 0.901. The Morgan fingerprint density at radius 1 is 1.26 bits per heavy atom. The third-order valence-electron chi connectivity index (χ3n) is 5.85. The van der Waals surface area contributed by atoms with E-state index in [1.54, 1.807) is 6.33 Å². The number of aromatic nitrogens is 3. The average molecular weight is 260 g/mol. The first-order valence-corrected chi connectivity index (χ1v) is 7.89. The van der Waals surface area contributed by atoms with E-state index in [-0.39, 0.29) is 0 Å². The fourth-order valence-electron chi connectivity index (χ4n) is 5.29. The minimum Gasteiger partial charge on any atom is -0.309 e. The second-order valence-electron chi connectivity index (χ2n) is 6.95. The zero-order valence-electron chi connectivity index (χ0n) is 11.7. The summed E-state index contributed by atoms with van der Waals surface area (Å²) in [7, 11) is 0. The van der Waals surface area contributed by atoms with Crippen molar-refractivity contribution in [2.75, 3.05) is 0 Å². The molecule has 1 heterocycles. The van der Waals surface area contributed by atoms with E-state index in [9.17, 15) is 0 Å². The number of fused-ring (bicyclic) bond motifs is 5. The van der Waals surface area contributed by atoms with Crippen molar-refractivity contribution in [2.24, 2.45) is 23.7 Å². The van der Waals surface area contributed by atoms with Crippen LogP contribution in [-0.4, -0.2) is 26.8 Å². The third-order valence-corrected chi connectivity index (χ3v) is 5.85. The van der Waals surface area contributed by atoms with Gasteiger partial charge in [-0.2, -0.15) is 5.10 Å². The van der Waals surface area contributed by atoms with E-state index in [1.165, 1.54) is 32.1 Å². The molecule has 6 atom stereocenters. The molecule has 2 bridgehead atoms. The molecule has 3 saturated carbocycles. The van der Waals surface area contributed by atoms with Crippen molar-refractivity contribution in [2.45, 2.75) is 57.7 Å². The fourth-order valence-corrected chi connectivity index (χ4v) is 5.29. The van der Waals surface area contributed by atoms with Gasteiger partial charge in [0.1, 0.15) is 12.7 Å². The lowest BCUT2D eigenvalue weighted by Gasteiger charge is -2.34. The molecule has 0 unspecified atom stereocenters. The van der Waals surface area contributed by atoms with Crippen LogP contribution in [0.25, 0.3) is 0 Å². The van der Waals surface area contributed by atoms with E-state index in [1.807, 2.05) is 11.0 Å². The molecule has 4 rings (SSSR count). The van der Waals surface area contributed by atoms with Gasteiger partial charge in [-0.25, -0.2) is 4.98 Å². The Labute approximate surface area is 115 Å².